The van der Waals surface area contributed by atoms with Gasteiger partial charge in [-0.1, -0.05) is 12.2 Å². The van der Waals surface area contributed by atoms with Gasteiger partial charge in [0.25, 0.3) is 0 Å². The van der Waals surface area contributed by atoms with E-state index < -0.39 is 0 Å². The van der Waals surface area contributed by atoms with Crippen LogP contribution < -0.4 is 0 Å². The van der Waals surface area contributed by atoms with E-state index in [0.29, 0.717) is 23.7 Å². The van der Waals surface area contributed by atoms with Gasteiger partial charge in [0, 0.05) is 0 Å². The van der Waals surface area contributed by atoms with E-state index in [2.05, 4.69) is 12.2 Å². The number of esters is 2. The molecule has 5 rings (SSSR count). The van der Waals surface area contributed by atoms with Crippen molar-refractivity contribution in [2.75, 3.05) is 0 Å². The van der Waals surface area contributed by atoms with Crippen LogP contribution in [0.5, 0.6) is 0 Å². The van der Waals surface area contributed by atoms with Crippen molar-refractivity contribution in [3.05, 3.63) is 12.2 Å². The average molecular weight is 190 g/mol. The Labute approximate surface area is 81.1 Å². The van der Waals surface area contributed by atoms with Crippen LogP contribution in [0, 0.1) is 35.5 Å². The second-order valence-corrected chi connectivity index (χ2v) is 4.89. The van der Waals surface area contributed by atoms with Gasteiger partial charge in [-0.25, -0.2) is 0 Å². The molecule has 6 atom stereocenters. The summed E-state index contributed by atoms with van der Waals surface area (Å²) in [5.41, 5.74) is 0. The molecule has 0 aromatic heterocycles. The summed E-state index contributed by atoms with van der Waals surface area (Å²) in [5.74, 6) is 1.12. The maximum Gasteiger partial charge on any atom is 0.318 e. The lowest BCUT2D eigenvalue weighted by Crippen LogP contribution is -2.40. The summed E-state index contributed by atoms with van der Waals surface area (Å²) in [5, 5.41) is 0. The highest BCUT2D eigenvalue weighted by molar-refractivity contribution is 5.97. The summed E-state index contributed by atoms with van der Waals surface area (Å²) in [6.07, 6.45) is 5.48. The van der Waals surface area contributed by atoms with Crippen LogP contribution in [0.1, 0.15) is 6.42 Å². The van der Waals surface area contributed by atoms with Gasteiger partial charge in [0.05, 0.1) is 11.8 Å². The molecule has 14 heavy (non-hydrogen) atoms. The lowest BCUT2D eigenvalue weighted by molar-refractivity contribution is -0.154. The van der Waals surface area contributed by atoms with E-state index in [-0.39, 0.29) is 23.8 Å². The van der Waals surface area contributed by atoms with Crippen molar-refractivity contribution in [3.8, 4) is 0 Å². The lowest BCUT2D eigenvalue weighted by Gasteiger charge is -2.36. The van der Waals surface area contributed by atoms with Crippen molar-refractivity contribution in [3.63, 3.8) is 0 Å². The first kappa shape index (κ1) is 7.21. The SMILES string of the molecule is O=C1OC(=O)[C@H]2[C@H]3C=C[C@H]([C@@H]4C[C@@H]34)[C@H]12. The molecule has 3 fully saturated rings. The van der Waals surface area contributed by atoms with Crippen LogP contribution in [0.2, 0.25) is 0 Å². The molecule has 2 bridgehead atoms. The molecule has 3 nitrogen and oxygen atoms in total. The van der Waals surface area contributed by atoms with E-state index >= 15 is 0 Å². The van der Waals surface area contributed by atoms with Crippen molar-refractivity contribution in [1.29, 1.82) is 0 Å². The number of cyclic esters (lactones) is 2. The quantitative estimate of drug-likeness (QED) is 0.321. The van der Waals surface area contributed by atoms with Crippen LogP contribution in [0.25, 0.3) is 0 Å². The van der Waals surface area contributed by atoms with Gasteiger partial charge in [0.1, 0.15) is 0 Å². The third-order valence-corrected chi connectivity index (χ3v) is 4.40. The second kappa shape index (κ2) is 1.95. The van der Waals surface area contributed by atoms with Crippen LogP contribution in [0.15, 0.2) is 12.2 Å². The van der Waals surface area contributed by atoms with Gasteiger partial charge in [-0.3, -0.25) is 9.59 Å². The maximum atomic E-state index is 11.5. The van der Waals surface area contributed by atoms with Crippen molar-refractivity contribution in [1.82, 2.24) is 0 Å². The molecule has 1 saturated heterocycles. The van der Waals surface area contributed by atoms with Crippen LogP contribution in [0.3, 0.4) is 0 Å². The van der Waals surface area contributed by atoms with Gasteiger partial charge in [-0.15, -0.1) is 0 Å². The number of hydrogen-bond acceptors (Lipinski definition) is 3. The highest BCUT2D eigenvalue weighted by Gasteiger charge is 2.66. The molecule has 2 saturated carbocycles. The van der Waals surface area contributed by atoms with Crippen molar-refractivity contribution in [2.24, 2.45) is 35.5 Å². The molecule has 5 aliphatic rings. The van der Waals surface area contributed by atoms with E-state index in [0.717, 1.165) is 0 Å². The minimum atomic E-state index is -0.273. The van der Waals surface area contributed by atoms with Crippen LogP contribution >= 0.6 is 0 Å². The Kier molecular flexibility index (Phi) is 1.00. The molecule has 0 amide bonds. The van der Waals surface area contributed by atoms with Gasteiger partial charge < -0.3 is 4.74 Å². The first-order chi connectivity index (χ1) is 6.77. The Morgan fingerprint density at radius 3 is 2.00 bits per heavy atom. The molecular weight excluding hydrogens is 180 g/mol. The van der Waals surface area contributed by atoms with Gasteiger partial charge in [-0.05, 0) is 30.1 Å². The predicted octanol–water partition coefficient (Wildman–Crippen LogP) is 0.754. The summed E-state index contributed by atoms with van der Waals surface area (Å²) in [6.45, 7) is 0. The summed E-state index contributed by atoms with van der Waals surface area (Å²) in [4.78, 5) is 23.0. The molecule has 4 aliphatic carbocycles. The third-order valence-electron chi connectivity index (χ3n) is 4.40. The molecule has 72 valence electrons. The Hall–Kier alpha value is -1.12. The topological polar surface area (TPSA) is 43.4 Å². The number of ether oxygens (including phenoxy) is 1. The summed E-state index contributed by atoms with van der Waals surface area (Å²) in [6, 6.07) is 0. The highest BCUT2D eigenvalue weighted by atomic mass is 16.6. The Bertz CT molecular complexity index is 350. The number of rotatable bonds is 0. The number of hydrogen-bond donors (Lipinski definition) is 0. The second-order valence-electron chi connectivity index (χ2n) is 4.89. The van der Waals surface area contributed by atoms with Gasteiger partial charge in [-0.2, -0.15) is 0 Å². The molecule has 1 heterocycles. The van der Waals surface area contributed by atoms with Crippen LogP contribution in [0.4, 0.5) is 0 Å². The number of carbonyl (C=O) groups excluding carboxylic acids is 2. The minimum absolute atomic E-state index is 0.138. The molecule has 1 aliphatic heterocycles. The van der Waals surface area contributed by atoms with E-state index in [9.17, 15) is 9.59 Å². The van der Waals surface area contributed by atoms with Crippen LogP contribution in [-0.2, 0) is 14.3 Å². The smallest absolute Gasteiger partial charge is 0.318 e. The lowest BCUT2D eigenvalue weighted by atomic mass is 9.63. The van der Waals surface area contributed by atoms with Gasteiger partial charge in [0.2, 0.25) is 0 Å². The van der Waals surface area contributed by atoms with Gasteiger partial charge >= 0.3 is 11.9 Å². The zero-order chi connectivity index (χ0) is 9.45. The molecule has 0 spiro atoms. The molecule has 0 unspecified atom stereocenters. The normalized spacial score (nSPS) is 56.9. The maximum absolute atomic E-state index is 11.5. The fourth-order valence-electron chi connectivity index (χ4n) is 3.76. The zero-order valence-corrected chi connectivity index (χ0v) is 7.55. The fraction of sp³-hybridized carbons (Fsp3) is 0.636. The first-order valence-corrected chi connectivity index (χ1v) is 5.21. The van der Waals surface area contributed by atoms with Crippen molar-refractivity contribution >= 4 is 11.9 Å². The Balaban J connectivity index is 1.88. The predicted molar refractivity (Wildman–Crippen MR) is 45.8 cm³/mol. The zero-order valence-electron chi connectivity index (χ0n) is 7.55. The largest absolute Gasteiger partial charge is 0.393 e. The Morgan fingerprint density at radius 2 is 1.50 bits per heavy atom. The summed E-state index contributed by atoms with van der Waals surface area (Å²) < 4.78 is 4.74. The molecule has 0 N–H and O–H groups in total. The molecular formula is C11H10O3. The molecule has 3 heteroatoms. The van der Waals surface area contributed by atoms with E-state index in [1.165, 1.54) is 6.42 Å². The number of allylic oxidation sites excluding steroid dienone is 2. The van der Waals surface area contributed by atoms with E-state index in [4.69, 9.17) is 4.74 Å². The fourth-order valence-corrected chi connectivity index (χ4v) is 3.76. The summed E-state index contributed by atoms with van der Waals surface area (Å²) >= 11 is 0. The summed E-state index contributed by atoms with van der Waals surface area (Å²) in [7, 11) is 0. The standard InChI is InChI=1S/C11H10O3/c12-10-8-4-1-2-5(7-3-6(4)7)9(8)11(13)14-10/h1-2,4-9H,3H2/t4-,5+,6-,7-,8-,9-/m0/s1. The minimum Gasteiger partial charge on any atom is -0.393 e. The Morgan fingerprint density at radius 1 is 1.00 bits per heavy atom. The number of carbonyl (C=O) groups is 2. The molecule has 0 aromatic rings. The van der Waals surface area contributed by atoms with E-state index in [1.807, 2.05) is 0 Å². The third kappa shape index (κ3) is 0.606. The monoisotopic (exact) mass is 190 g/mol. The van der Waals surface area contributed by atoms with Crippen molar-refractivity contribution < 1.29 is 14.3 Å². The average Bonchev–Trinajstić information content (AvgIpc) is 2.92. The van der Waals surface area contributed by atoms with Crippen molar-refractivity contribution in [2.45, 2.75) is 6.42 Å². The first-order valence-electron chi connectivity index (χ1n) is 5.21. The molecule has 0 radical (unpaired) electrons. The van der Waals surface area contributed by atoms with Crippen LogP contribution in [-0.4, -0.2) is 11.9 Å². The molecule has 0 aromatic carbocycles. The highest BCUT2D eigenvalue weighted by Crippen LogP contribution is 2.65. The van der Waals surface area contributed by atoms with E-state index in [1.54, 1.807) is 0 Å². The van der Waals surface area contributed by atoms with Gasteiger partial charge in [0.15, 0.2) is 0 Å².